The number of carboxylic acids is 1. The summed E-state index contributed by atoms with van der Waals surface area (Å²) in [6, 6.07) is 5.25. The number of hydrogen-bond acceptors (Lipinski definition) is 3. The number of phenolic OH excluding ortho intramolecular Hbond substituents is 1. The molecule has 1 unspecified atom stereocenters. The summed E-state index contributed by atoms with van der Waals surface area (Å²) in [5.74, 6) is -1.25. The SMILES string of the molecule is CCC(C)(C)c1cc(CC(CCO)C(=O)O)ccc1O. The maximum Gasteiger partial charge on any atom is 0.306 e. The van der Waals surface area contributed by atoms with Crippen molar-refractivity contribution in [3.63, 3.8) is 0 Å². The minimum atomic E-state index is -0.900. The summed E-state index contributed by atoms with van der Waals surface area (Å²) in [5, 5.41) is 28.1. The van der Waals surface area contributed by atoms with E-state index in [2.05, 4.69) is 6.92 Å². The van der Waals surface area contributed by atoms with Gasteiger partial charge in [-0.2, -0.15) is 0 Å². The fourth-order valence-corrected chi connectivity index (χ4v) is 2.20. The molecule has 1 rings (SSSR count). The topological polar surface area (TPSA) is 77.8 Å². The van der Waals surface area contributed by atoms with Crippen molar-refractivity contribution in [2.45, 2.75) is 45.4 Å². The maximum atomic E-state index is 11.1. The lowest BCUT2D eigenvalue weighted by Gasteiger charge is -2.25. The number of aliphatic hydroxyl groups excluding tert-OH is 1. The van der Waals surface area contributed by atoms with Crippen molar-refractivity contribution >= 4 is 5.97 Å². The summed E-state index contributed by atoms with van der Waals surface area (Å²) >= 11 is 0. The molecule has 0 spiro atoms. The van der Waals surface area contributed by atoms with Crippen LogP contribution in [0.1, 0.15) is 44.7 Å². The van der Waals surface area contributed by atoms with E-state index < -0.39 is 11.9 Å². The van der Waals surface area contributed by atoms with Gasteiger partial charge in [0.05, 0.1) is 5.92 Å². The van der Waals surface area contributed by atoms with Crippen molar-refractivity contribution in [3.8, 4) is 5.75 Å². The van der Waals surface area contributed by atoms with Crippen molar-refractivity contribution in [2.24, 2.45) is 5.92 Å². The standard InChI is InChI=1S/C16H24O4/c1-4-16(2,3)13-10-11(5-6-14(13)18)9-12(7-8-17)15(19)20/h5-6,10,12,17-18H,4,7-9H2,1-3H3,(H,19,20). The normalized spacial score (nSPS) is 13.2. The molecular formula is C16H24O4. The summed E-state index contributed by atoms with van der Waals surface area (Å²) in [5.41, 5.74) is 1.56. The van der Waals surface area contributed by atoms with E-state index in [-0.39, 0.29) is 24.2 Å². The zero-order valence-corrected chi connectivity index (χ0v) is 12.4. The summed E-state index contributed by atoms with van der Waals surface area (Å²) in [4.78, 5) is 11.1. The van der Waals surface area contributed by atoms with Crippen LogP contribution in [0, 0.1) is 5.92 Å². The molecule has 0 saturated carbocycles. The summed E-state index contributed by atoms with van der Waals surface area (Å²) in [6.45, 7) is 6.02. The third-order valence-electron chi connectivity index (χ3n) is 3.98. The monoisotopic (exact) mass is 280 g/mol. The molecule has 0 saturated heterocycles. The molecule has 4 heteroatoms. The molecule has 1 aromatic rings. The van der Waals surface area contributed by atoms with Gasteiger partial charge in [-0.3, -0.25) is 4.79 Å². The Labute approximate surface area is 120 Å². The summed E-state index contributed by atoms with van der Waals surface area (Å²) < 4.78 is 0. The Hall–Kier alpha value is -1.55. The number of phenols is 1. The molecule has 0 heterocycles. The summed E-state index contributed by atoms with van der Waals surface area (Å²) in [6.07, 6.45) is 1.48. The highest BCUT2D eigenvalue weighted by Crippen LogP contribution is 2.34. The fraction of sp³-hybridized carbons (Fsp3) is 0.562. The number of carboxylic acid groups (broad SMARTS) is 1. The molecule has 0 amide bonds. The first-order chi connectivity index (χ1) is 9.31. The van der Waals surface area contributed by atoms with Crippen LogP contribution in [0.3, 0.4) is 0 Å². The van der Waals surface area contributed by atoms with Crippen LogP contribution in [0.15, 0.2) is 18.2 Å². The van der Waals surface area contributed by atoms with Gasteiger partial charge in [-0.15, -0.1) is 0 Å². The van der Waals surface area contributed by atoms with Crippen LogP contribution in [-0.4, -0.2) is 27.9 Å². The van der Waals surface area contributed by atoms with Gasteiger partial charge in [0, 0.05) is 6.61 Å². The first-order valence-electron chi connectivity index (χ1n) is 6.97. The van der Waals surface area contributed by atoms with Gasteiger partial charge in [0.15, 0.2) is 0 Å². The molecule has 1 aromatic carbocycles. The second kappa shape index (κ2) is 6.75. The zero-order valence-electron chi connectivity index (χ0n) is 12.4. The van der Waals surface area contributed by atoms with Crippen LogP contribution >= 0.6 is 0 Å². The number of aliphatic carboxylic acids is 1. The Kier molecular flexibility index (Phi) is 5.57. The minimum absolute atomic E-state index is 0.137. The van der Waals surface area contributed by atoms with Gasteiger partial charge >= 0.3 is 5.97 Å². The highest BCUT2D eigenvalue weighted by atomic mass is 16.4. The second-order valence-corrected chi connectivity index (χ2v) is 5.84. The molecular weight excluding hydrogens is 256 g/mol. The van der Waals surface area contributed by atoms with Crippen molar-refractivity contribution in [1.29, 1.82) is 0 Å². The highest BCUT2D eigenvalue weighted by molar-refractivity contribution is 5.70. The Morgan fingerprint density at radius 2 is 2.00 bits per heavy atom. The second-order valence-electron chi connectivity index (χ2n) is 5.84. The van der Waals surface area contributed by atoms with Crippen LogP contribution < -0.4 is 0 Å². The van der Waals surface area contributed by atoms with Gasteiger partial charge in [-0.05, 0) is 41.9 Å². The number of aliphatic hydroxyl groups is 1. The Bertz CT molecular complexity index is 466. The van der Waals surface area contributed by atoms with E-state index in [9.17, 15) is 9.90 Å². The van der Waals surface area contributed by atoms with Crippen LogP contribution in [0.2, 0.25) is 0 Å². The van der Waals surface area contributed by atoms with E-state index in [1.807, 2.05) is 19.9 Å². The summed E-state index contributed by atoms with van der Waals surface area (Å²) in [7, 11) is 0. The van der Waals surface area contributed by atoms with Gasteiger partial charge in [-0.1, -0.05) is 32.9 Å². The Morgan fingerprint density at radius 1 is 1.35 bits per heavy atom. The van der Waals surface area contributed by atoms with Crippen LogP contribution in [0.4, 0.5) is 0 Å². The van der Waals surface area contributed by atoms with E-state index in [4.69, 9.17) is 10.2 Å². The van der Waals surface area contributed by atoms with Crippen LogP contribution in [-0.2, 0) is 16.6 Å². The molecule has 20 heavy (non-hydrogen) atoms. The largest absolute Gasteiger partial charge is 0.508 e. The maximum absolute atomic E-state index is 11.1. The molecule has 112 valence electrons. The highest BCUT2D eigenvalue weighted by Gasteiger charge is 2.23. The zero-order chi connectivity index (χ0) is 15.3. The van der Waals surface area contributed by atoms with E-state index in [1.165, 1.54) is 0 Å². The molecule has 0 fully saturated rings. The molecule has 0 aromatic heterocycles. The average molecular weight is 280 g/mol. The van der Waals surface area contributed by atoms with Crippen LogP contribution in [0.25, 0.3) is 0 Å². The fourth-order valence-electron chi connectivity index (χ4n) is 2.20. The lowest BCUT2D eigenvalue weighted by molar-refractivity contribution is -0.142. The molecule has 4 nitrogen and oxygen atoms in total. The third-order valence-corrected chi connectivity index (χ3v) is 3.98. The number of hydrogen-bond donors (Lipinski definition) is 3. The molecule has 0 aliphatic rings. The molecule has 1 atom stereocenters. The minimum Gasteiger partial charge on any atom is -0.508 e. The molecule has 0 aliphatic carbocycles. The van der Waals surface area contributed by atoms with E-state index in [0.29, 0.717) is 6.42 Å². The first kappa shape index (κ1) is 16.5. The predicted octanol–water partition coefficient (Wildman–Crippen LogP) is 2.71. The predicted molar refractivity (Wildman–Crippen MR) is 78.0 cm³/mol. The van der Waals surface area contributed by atoms with Crippen molar-refractivity contribution in [3.05, 3.63) is 29.3 Å². The number of aromatic hydroxyl groups is 1. The molecule has 0 bridgehead atoms. The van der Waals surface area contributed by atoms with E-state index >= 15 is 0 Å². The first-order valence-corrected chi connectivity index (χ1v) is 6.97. The molecule has 3 N–H and O–H groups in total. The van der Waals surface area contributed by atoms with Gasteiger partial charge < -0.3 is 15.3 Å². The molecule has 0 aliphatic heterocycles. The van der Waals surface area contributed by atoms with Gasteiger partial charge in [0.1, 0.15) is 5.75 Å². The third kappa shape index (κ3) is 3.97. The van der Waals surface area contributed by atoms with Crippen LogP contribution in [0.5, 0.6) is 5.75 Å². The van der Waals surface area contributed by atoms with E-state index in [0.717, 1.165) is 17.5 Å². The van der Waals surface area contributed by atoms with Crippen molar-refractivity contribution in [1.82, 2.24) is 0 Å². The van der Waals surface area contributed by atoms with Crippen molar-refractivity contribution < 1.29 is 20.1 Å². The molecule has 0 radical (unpaired) electrons. The van der Waals surface area contributed by atoms with Gasteiger partial charge in [0.2, 0.25) is 0 Å². The Morgan fingerprint density at radius 3 is 2.50 bits per heavy atom. The number of benzene rings is 1. The smallest absolute Gasteiger partial charge is 0.306 e. The average Bonchev–Trinajstić information content (AvgIpc) is 2.40. The Balaban J connectivity index is 3.03. The number of carbonyl (C=O) groups is 1. The van der Waals surface area contributed by atoms with Gasteiger partial charge in [0.25, 0.3) is 0 Å². The van der Waals surface area contributed by atoms with E-state index in [1.54, 1.807) is 12.1 Å². The lowest BCUT2D eigenvalue weighted by Crippen LogP contribution is -2.19. The quantitative estimate of drug-likeness (QED) is 0.717. The van der Waals surface area contributed by atoms with Crippen molar-refractivity contribution in [2.75, 3.05) is 6.61 Å². The number of rotatable bonds is 7. The lowest BCUT2D eigenvalue weighted by atomic mass is 9.80. The van der Waals surface area contributed by atoms with Gasteiger partial charge in [-0.25, -0.2) is 0 Å².